The fraction of sp³-hybridized carbons (Fsp3) is 0.0435. The fourth-order valence-electron chi connectivity index (χ4n) is 3.12. The molecule has 0 unspecified atom stereocenters. The van der Waals surface area contributed by atoms with Gasteiger partial charge in [0.1, 0.15) is 0 Å². The zero-order chi connectivity index (χ0) is 21.8. The average molecular weight is 424 g/mol. The number of para-hydroxylation sites is 1. The number of anilines is 1. The Labute approximate surface area is 182 Å². The highest BCUT2D eigenvalue weighted by molar-refractivity contribution is 6.03. The molecule has 5 aromatic rings. The molecule has 0 atom stereocenters. The molecule has 9 heteroatoms. The van der Waals surface area contributed by atoms with E-state index in [1.54, 1.807) is 55.1 Å². The molecule has 4 heterocycles. The van der Waals surface area contributed by atoms with E-state index in [1.807, 2.05) is 24.3 Å². The Bertz CT molecular complexity index is 1350. The number of amides is 1. The van der Waals surface area contributed by atoms with Gasteiger partial charge in [-0.05, 0) is 35.9 Å². The molecule has 1 N–H and O–H groups in total. The van der Waals surface area contributed by atoms with Gasteiger partial charge in [0.25, 0.3) is 5.91 Å². The van der Waals surface area contributed by atoms with E-state index in [-0.39, 0.29) is 11.6 Å². The third-order valence-electron chi connectivity index (χ3n) is 4.70. The first-order chi connectivity index (χ1) is 15.8. The van der Waals surface area contributed by atoms with Crippen LogP contribution in [-0.4, -0.2) is 31.2 Å². The van der Waals surface area contributed by atoms with Crippen molar-refractivity contribution in [2.75, 3.05) is 5.32 Å². The van der Waals surface area contributed by atoms with Gasteiger partial charge in [0, 0.05) is 47.7 Å². The van der Waals surface area contributed by atoms with E-state index in [9.17, 15) is 4.79 Å². The maximum atomic E-state index is 12.7. The van der Waals surface area contributed by atoms with Crippen molar-refractivity contribution in [3.63, 3.8) is 0 Å². The molecule has 1 aromatic carbocycles. The Morgan fingerprint density at radius 3 is 2.59 bits per heavy atom. The minimum absolute atomic E-state index is 0.163. The van der Waals surface area contributed by atoms with Crippen LogP contribution in [0.5, 0.6) is 0 Å². The maximum Gasteiger partial charge on any atom is 0.277 e. The molecule has 4 aromatic heterocycles. The van der Waals surface area contributed by atoms with E-state index in [0.29, 0.717) is 29.6 Å². The largest absolute Gasteiger partial charge is 0.355 e. The Balaban J connectivity index is 1.33. The first-order valence-electron chi connectivity index (χ1n) is 9.75. The molecule has 1 amide bonds. The summed E-state index contributed by atoms with van der Waals surface area (Å²) in [6, 6.07) is 16.2. The predicted molar refractivity (Wildman–Crippen MR) is 114 cm³/mol. The molecule has 0 saturated carbocycles. The van der Waals surface area contributed by atoms with Crippen molar-refractivity contribution >= 4 is 11.6 Å². The molecule has 0 spiro atoms. The van der Waals surface area contributed by atoms with Gasteiger partial charge in [-0.25, -0.2) is 0 Å². The molecular formula is C23H16N6O3. The minimum atomic E-state index is -0.389. The molecular weight excluding hydrogens is 408 g/mol. The summed E-state index contributed by atoms with van der Waals surface area (Å²) in [5, 5.41) is 10.8. The lowest BCUT2D eigenvalue weighted by Gasteiger charge is -2.08. The van der Waals surface area contributed by atoms with Crippen LogP contribution < -0.4 is 5.32 Å². The third kappa shape index (κ3) is 4.12. The fourth-order valence-corrected chi connectivity index (χ4v) is 3.12. The number of aromatic nitrogens is 5. The van der Waals surface area contributed by atoms with Gasteiger partial charge in [-0.15, -0.1) is 0 Å². The molecule has 0 radical (unpaired) electrons. The second-order valence-corrected chi connectivity index (χ2v) is 6.85. The predicted octanol–water partition coefficient (Wildman–Crippen LogP) is 4.02. The number of nitrogens with zero attached hydrogens (tertiary/aromatic N) is 5. The lowest BCUT2D eigenvalue weighted by atomic mass is 10.1. The van der Waals surface area contributed by atoms with Crippen LogP contribution in [0.4, 0.5) is 5.69 Å². The van der Waals surface area contributed by atoms with Crippen LogP contribution in [0.1, 0.15) is 21.9 Å². The van der Waals surface area contributed by atoms with Crippen molar-refractivity contribution in [1.29, 1.82) is 0 Å². The van der Waals surface area contributed by atoms with Crippen LogP contribution in [0.3, 0.4) is 0 Å². The zero-order valence-corrected chi connectivity index (χ0v) is 16.7. The van der Waals surface area contributed by atoms with Crippen molar-refractivity contribution in [2.24, 2.45) is 0 Å². The standard InChI is InChI=1S/C23H16N6O3/c30-23(19-13-20(31-28-19)17-5-3-9-25-14-17)26-18-6-2-1-4-16(18)12-21-27-22(29-32-21)15-7-10-24-11-8-15/h1-11,13-14H,12H2,(H,26,30). The van der Waals surface area contributed by atoms with Gasteiger partial charge in [0.2, 0.25) is 11.7 Å². The van der Waals surface area contributed by atoms with Gasteiger partial charge in [-0.2, -0.15) is 4.98 Å². The second-order valence-electron chi connectivity index (χ2n) is 6.85. The monoisotopic (exact) mass is 424 g/mol. The van der Waals surface area contributed by atoms with Crippen LogP contribution >= 0.6 is 0 Å². The zero-order valence-electron chi connectivity index (χ0n) is 16.7. The van der Waals surface area contributed by atoms with Gasteiger partial charge in [0.15, 0.2) is 11.5 Å². The quantitative estimate of drug-likeness (QED) is 0.434. The van der Waals surface area contributed by atoms with Crippen molar-refractivity contribution in [3.8, 4) is 22.7 Å². The molecule has 9 nitrogen and oxygen atoms in total. The van der Waals surface area contributed by atoms with Crippen LogP contribution in [-0.2, 0) is 6.42 Å². The van der Waals surface area contributed by atoms with Gasteiger partial charge < -0.3 is 14.4 Å². The highest BCUT2D eigenvalue weighted by Gasteiger charge is 2.17. The lowest BCUT2D eigenvalue weighted by Crippen LogP contribution is -2.13. The van der Waals surface area contributed by atoms with Gasteiger partial charge >= 0.3 is 0 Å². The summed E-state index contributed by atoms with van der Waals surface area (Å²) in [7, 11) is 0. The lowest BCUT2D eigenvalue weighted by molar-refractivity contribution is 0.101. The molecule has 0 aliphatic rings. The van der Waals surface area contributed by atoms with E-state index >= 15 is 0 Å². The first kappa shape index (κ1) is 19.3. The van der Waals surface area contributed by atoms with Gasteiger partial charge in [0.05, 0.1) is 6.42 Å². The Kier molecular flexibility index (Phi) is 5.19. The number of benzene rings is 1. The first-order valence-corrected chi connectivity index (χ1v) is 9.75. The Hall–Kier alpha value is -4.66. The SMILES string of the molecule is O=C(Nc1ccccc1Cc1nc(-c2ccncc2)no1)c1cc(-c2cccnc2)on1. The summed E-state index contributed by atoms with van der Waals surface area (Å²) in [5.41, 5.74) is 3.15. The number of hydrogen-bond acceptors (Lipinski definition) is 8. The van der Waals surface area contributed by atoms with Crippen LogP contribution in [0.25, 0.3) is 22.7 Å². The Morgan fingerprint density at radius 1 is 0.875 bits per heavy atom. The van der Waals surface area contributed by atoms with Crippen LogP contribution in [0, 0.1) is 0 Å². The number of hydrogen-bond donors (Lipinski definition) is 1. The molecule has 0 aliphatic heterocycles. The van der Waals surface area contributed by atoms with Crippen molar-refractivity contribution in [1.82, 2.24) is 25.3 Å². The summed E-state index contributed by atoms with van der Waals surface area (Å²) < 4.78 is 10.7. The summed E-state index contributed by atoms with van der Waals surface area (Å²) in [5.74, 6) is 0.985. The van der Waals surface area contributed by atoms with E-state index in [0.717, 1.165) is 16.7 Å². The van der Waals surface area contributed by atoms with E-state index in [2.05, 4.69) is 30.6 Å². The summed E-state index contributed by atoms with van der Waals surface area (Å²) in [6.45, 7) is 0. The highest BCUT2D eigenvalue weighted by Crippen LogP contribution is 2.23. The molecule has 0 saturated heterocycles. The van der Waals surface area contributed by atoms with Crippen molar-refractivity contribution in [2.45, 2.75) is 6.42 Å². The van der Waals surface area contributed by atoms with E-state index in [4.69, 9.17) is 9.05 Å². The van der Waals surface area contributed by atoms with Gasteiger partial charge in [-0.3, -0.25) is 14.8 Å². The summed E-state index contributed by atoms with van der Waals surface area (Å²) in [4.78, 5) is 25.2. The van der Waals surface area contributed by atoms with Crippen molar-refractivity contribution < 1.29 is 13.8 Å². The van der Waals surface area contributed by atoms with Crippen molar-refractivity contribution in [3.05, 3.63) is 96.5 Å². The topological polar surface area (TPSA) is 120 Å². The molecule has 0 bridgehead atoms. The summed E-state index contributed by atoms with van der Waals surface area (Å²) in [6.07, 6.45) is 6.99. The second kappa shape index (κ2) is 8.60. The van der Waals surface area contributed by atoms with Crippen LogP contribution in [0.2, 0.25) is 0 Å². The summed E-state index contributed by atoms with van der Waals surface area (Å²) >= 11 is 0. The number of carbonyl (C=O) groups is 1. The minimum Gasteiger partial charge on any atom is -0.355 e. The number of carbonyl (C=O) groups excluding carboxylic acids is 1. The number of rotatable bonds is 6. The number of pyridine rings is 2. The van der Waals surface area contributed by atoms with Crippen LogP contribution in [0.15, 0.2) is 88.4 Å². The molecule has 156 valence electrons. The van der Waals surface area contributed by atoms with Gasteiger partial charge in [-0.1, -0.05) is 28.5 Å². The number of nitrogens with one attached hydrogen (secondary N) is 1. The smallest absolute Gasteiger partial charge is 0.277 e. The molecule has 5 rings (SSSR count). The third-order valence-corrected chi connectivity index (χ3v) is 4.70. The normalized spacial score (nSPS) is 10.8. The molecule has 0 aliphatic carbocycles. The van der Waals surface area contributed by atoms with E-state index in [1.165, 1.54) is 0 Å². The maximum absolute atomic E-state index is 12.7. The Morgan fingerprint density at radius 2 is 1.75 bits per heavy atom. The van der Waals surface area contributed by atoms with E-state index < -0.39 is 0 Å². The highest BCUT2D eigenvalue weighted by atomic mass is 16.5. The molecule has 32 heavy (non-hydrogen) atoms. The molecule has 0 fully saturated rings. The average Bonchev–Trinajstić information content (AvgIpc) is 3.52.